The maximum atomic E-state index is 11.9. The molecule has 20 heavy (non-hydrogen) atoms. The van der Waals surface area contributed by atoms with Gasteiger partial charge >= 0.3 is 0 Å². The monoisotopic (exact) mass is 282 g/mol. The van der Waals surface area contributed by atoms with Crippen molar-refractivity contribution >= 4 is 5.91 Å². The van der Waals surface area contributed by atoms with Crippen molar-refractivity contribution in [2.24, 2.45) is 11.3 Å². The number of carbonyl (C=O) groups is 1. The van der Waals surface area contributed by atoms with E-state index >= 15 is 0 Å². The molecule has 0 spiro atoms. The molecule has 1 rings (SSSR count). The molecule has 0 saturated carbocycles. The van der Waals surface area contributed by atoms with Gasteiger partial charge in [-0.25, -0.2) is 0 Å². The molecule has 1 fully saturated rings. The summed E-state index contributed by atoms with van der Waals surface area (Å²) in [6.07, 6.45) is 9.26. The minimum Gasteiger partial charge on any atom is -0.356 e. The molecular formula is C17H34N2O. The quantitative estimate of drug-likeness (QED) is 0.636. The van der Waals surface area contributed by atoms with Gasteiger partial charge in [-0.3, -0.25) is 4.79 Å². The van der Waals surface area contributed by atoms with Crippen molar-refractivity contribution in [3.8, 4) is 0 Å². The number of rotatable bonds is 9. The Kier molecular flexibility index (Phi) is 8.20. The maximum Gasteiger partial charge on any atom is 0.220 e. The number of hydrogen-bond acceptors (Lipinski definition) is 2. The van der Waals surface area contributed by atoms with Crippen LogP contribution in [0.4, 0.5) is 0 Å². The average molecular weight is 282 g/mol. The summed E-state index contributed by atoms with van der Waals surface area (Å²) in [5.74, 6) is 0.992. The molecule has 3 nitrogen and oxygen atoms in total. The minimum atomic E-state index is 0.236. The van der Waals surface area contributed by atoms with E-state index in [0.717, 1.165) is 32.0 Å². The van der Waals surface area contributed by atoms with Crippen LogP contribution in [0.15, 0.2) is 0 Å². The molecule has 0 aromatic rings. The summed E-state index contributed by atoms with van der Waals surface area (Å²) in [5, 5.41) is 6.51. The average Bonchev–Trinajstić information content (AvgIpc) is 2.44. The Morgan fingerprint density at radius 3 is 2.60 bits per heavy atom. The van der Waals surface area contributed by atoms with Gasteiger partial charge in [-0.2, -0.15) is 0 Å². The van der Waals surface area contributed by atoms with Gasteiger partial charge in [0.05, 0.1) is 0 Å². The summed E-state index contributed by atoms with van der Waals surface area (Å²) in [4.78, 5) is 11.9. The van der Waals surface area contributed by atoms with Gasteiger partial charge in [-0.05, 0) is 50.1 Å². The zero-order chi connectivity index (χ0) is 14.8. The molecule has 0 aliphatic carbocycles. The Morgan fingerprint density at radius 1 is 1.25 bits per heavy atom. The van der Waals surface area contributed by atoms with E-state index in [2.05, 4.69) is 31.4 Å². The van der Waals surface area contributed by atoms with Gasteiger partial charge in [0.1, 0.15) is 0 Å². The number of unbranched alkanes of at least 4 members (excludes halogenated alkanes) is 2. The second kappa shape index (κ2) is 9.38. The van der Waals surface area contributed by atoms with Crippen LogP contribution in [-0.4, -0.2) is 25.5 Å². The molecule has 1 aliphatic rings. The first-order valence-corrected chi connectivity index (χ1v) is 8.51. The Bertz CT molecular complexity index is 270. The summed E-state index contributed by atoms with van der Waals surface area (Å²) >= 11 is 0. The minimum absolute atomic E-state index is 0.236. The van der Waals surface area contributed by atoms with E-state index in [1.54, 1.807) is 0 Å². The molecule has 0 radical (unpaired) electrons. The molecule has 1 aliphatic heterocycles. The molecule has 1 heterocycles. The highest BCUT2D eigenvalue weighted by Crippen LogP contribution is 2.23. The van der Waals surface area contributed by atoms with Gasteiger partial charge in [0.15, 0.2) is 0 Å². The third-order valence-electron chi connectivity index (χ3n) is 4.46. The summed E-state index contributed by atoms with van der Waals surface area (Å²) in [6.45, 7) is 9.82. The molecule has 3 heteroatoms. The van der Waals surface area contributed by atoms with Gasteiger partial charge in [0.2, 0.25) is 5.91 Å². The van der Waals surface area contributed by atoms with Crippen LogP contribution >= 0.6 is 0 Å². The fraction of sp³-hybridized carbons (Fsp3) is 0.941. The first-order chi connectivity index (χ1) is 9.53. The highest BCUT2D eigenvalue weighted by Gasteiger charge is 2.19. The van der Waals surface area contributed by atoms with Gasteiger partial charge in [0, 0.05) is 13.0 Å². The van der Waals surface area contributed by atoms with E-state index in [1.165, 1.54) is 38.5 Å². The second-order valence-corrected chi connectivity index (χ2v) is 7.13. The lowest BCUT2D eigenvalue weighted by atomic mass is 9.86. The Labute approximate surface area is 125 Å². The van der Waals surface area contributed by atoms with Crippen molar-refractivity contribution in [2.75, 3.05) is 19.6 Å². The van der Waals surface area contributed by atoms with Crippen LogP contribution in [-0.2, 0) is 4.79 Å². The van der Waals surface area contributed by atoms with Crippen LogP contribution in [0.25, 0.3) is 0 Å². The van der Waals surface area contributed by atoms with Crippen molar-refractivity contribution in [2.45, 2.75) is 72.1 Å². The van der Waals surface area contributed by atoms with Crippen LogP contribution in [0, 0.1) is 11.3 Å². The van der Waals surface area contributed by atoms with Crippen molar-refractivity contribution in [3.05, 3.63) is 0 Å². The standard InChI is InChI=1S/C17H34N2O/c1-4-5-6-11-17(2,3)14-19-16(20)8-7-15-9-12-18-13-10-15/h15,18H,4-14H2,1-3H3,(H,19,20). The van der Waals surface area contributed by atoms with Gasteiger partial charge in [-0.15, -0.1) is 0 Å². The molecule has 1 saturated heterocycles. The van der Waals surface area contributed by atoms with Crippen LogP contribution < -0.4 is 10.6 Å². The zero-order valence-electron chi connectivity index (χ0n) is 13.8. The lowest BCUT2D eigenvalue weighted by Crippen LogP contribution is -2.34. The SMILES string of the molecule is CCCCCC(C)(C)CNC(=O)CCC1CCNCC1. The lowest BCUT2D eigenvalue weighted by Gasteiger charge is -2.25. The predicted molar refractivity (Wildman–Crippen MR) is 85.8 cm³/mol. The van der Waals surface area contributed by atoms with Crippen molar-refractivity contribution in [3.63, 3.8) is 0 Å². The molecule has 0 bridgehead atoms. The smallest absolute Gasteiger partial charge is 0.220 e. The van der Waals surface area contributed by atoms with Crippen LogP contribution in [0.1, 0.15) is 72.1 Å². The van der Waals surface area contributed by atoms with Crippen molar-refractivity contribution < 1.29 is 4.79 Å². The highest BCUT2D eigenvalue weighted by atomic mass is 16.1. The summed E-state index contributed by atoms with van der Waals surface area (Å²) in [5.41, 5.74) is 0.236. The number of piperidine rings is 1. The van der Waals surface area contributed by atoms with Gasteiger partial charge < -0.3 is 10.6 Å². The number of amides is 1. The normalized spacial score (nSPS) is 17.1. The van der Waals surface area contributed by atoms with E-state index in [9.17, 15) is 4.79 Å². The third kappa shape index (κ3) is 7.88. The molecular weight excluding hydrogens is 248 g/mol. The Hall–Kier alpha value is -0.570. The molecule has 118 valence electrons. The Balaban J connectivity index is 2.11. The first-order valence-electron chi connectivity index (χ1n) is 8.51. The number of carbonyl (C=O) groups excluding carboxylic acids is 1. The van der Waals surface area contributed by atoms with E-state index in [4.69, 9.17) is 0 Å². The molecule has 0 aromatic heterocycles. The lowest BCUT2D eigenvalue weighted by molar-refractivity contribution is -0.121. The van der Waals surface area contributed by atoms with Crippen LogP contribution in [0.2, 0.25) is 0 Å². The maximum absolute atomic E-state index is 11.9. The number of hydrogen-bond donors (Lipinski definition) is 2. The number of nitrogens with one attached hydrogen (secondary N) is 2. The van der Waals surface area contributed by atoms with Crippen LogP contribution in [0.5, 0.6) is 0 Å². The van der Waals surface area contributed by atoms with E-state index < -0.39 is 0 Å². The molecule has 0 aromatic carbocycles. The van der Waals surface area contributed by atoms with Crippen LogP contribution in [0.3, 0.4) is 0 Å². The predicted octanol–water partition coefficient (Wildman–Crippen LogP) is 3.49. The van der Waals surface area contributed by atoms with Crippen molar-refractivity contribution in [1.29, 1.82) is 0 Å². The Morgan fingerprint density at radius 2 is 1.95 bits per heavy atom. The van der Waals surface area contributed by atoms with E-state index in [-0.39, 0.29) is 11.3 Å². The molecule has 0 atom stereocenters. The fourth-order valence-electron chi connectivity index (χ4n) is 2.87. The fourth-order valence-corrected chi connectivity index (χ4v) is 2.87. The van der Waals surface area contributed by atoms with E-state index in [0.29, 0.717) is 6.42 Å². The summed E-state index contributed by atoms with van der Waals surface area (Å²) in [7, 11) is 0. The van der Waals surface area contributed by atoms with Gasteiger partial charge in [0.25, 0.3) is 0 Å². The molecule has 1 amide bonds. The largest absolute Gasteiger partial charge is 0.356 e. The summed E-state index contributed by atoms with van der Waals surface area (Å²) in [6, 6.07) is 0. The summed E-state index contributed by atoms with van der Waals surface area (Å²) < 4.78 is 0. The van der Waals surface area contributed by atoms with Gasteiger partial charge in [-0.1, -0.05) is 40.0 Å². The first kappa shape index (κ1) is 17.5. The molecule has 2 N–H and O–H groups in total. The highest BCUT2D eigenvalue weighted by molar-refractivity contribution is 5.75. The third-order valence-corrected chi connectivity index (χ3v) is 4.46. The second-order valence-electron chi connectivity index (χ2n) is 7.13. The van der Waals surface area contributed by atoms with Crippen molar-refractivity contribution in [1.82, 2.24) is 10.6 Å². The zero-order valence-corrected chi connectivity index (χ0v) is 13.8. The van der Waals surface area contributed by atoms with E-state index in [1.807, 2.05) is 0 Å². The topological polar surface area (TPSA) is 41.1 Å². The molecule has 0 unspecified atom stereocenters.